The van der Waals surface area contributed by atoms with Crippen LogP contribution in [0.25, 0.3) is 0 Å². The number of nitrogen functional groups attached to an aromatic ring is 2. The Morgan fingerprint density at radius 2 is 1.73 bits per heavy atom. The average Bonchev–Trinajstić information content (AvgIpc) is 1.85. The molecule has 60 valence electrons. The van der Waals surface area contributed by atoms with Crippen LogP contribution in [-0.4, -0.2) is 7.05 Å². The molecule has 0 atom stereocenters. The van der Waals surface area contributed by atoms with Gasteiger partial charge in [-0.2, -0.15) is 0 Å². The molecule has 0 radical (unpaired) electrons. The third-order valence-corrected chi connectivity index (χ3v) is 1.41. The van der Waals surface area contributed by atoms with Crippen molar-refractivity contribution < 1.29 is 4.39 Å². The maximum atomic E-state index is 12.6. The summed E-state index contributed by atoms with van der Waals surface area (Å²) < 4.78 is 12.6. The number of nitrogens with one attached hydrogen (secondary N) is 1. The Labute approximate surface area is 64.2 Å². The summed E-state index contributed by atoms with van der Waals surface area (Å²) in [6.07, 6.45) is 0. The third kappa shape index (κ3) is 1.34. The lowest BCUT2D eigenvalue weighted by Gasteiger charge is -2.07. The topological polar surface area (TPSA) is 64.1 Å². The number of halogens is 1. The summed E-state index contributed by atoms with van der Waals surface area (Å²) >= 11 is 0. The number of benzene rings is 1. The maximum absolute atomic E-state index is 12.6. The standard InChI is InChI=1S/C7H10FN3/c1-11-7-5(9)2-4(8)3-6(7)10/h2-3,11H,9-10H2,1H3. The molecule has 3 nitrogen and oxygen atoms in total. The van der Waals surface area contributed by atoms with Gasteiger partial charge in [0.2, 0.25) is 0 Å². The molecule has 0 spiro atoms. The first kappa shape index (κ1) is 7.65. The molecule has 4 heteroatoms. The molecule has 5 N–H and O–H groups in total. The van der Waals surface area contributed by atoms with Crippen LogP contribution in [0.5, 0.6) is 0 Å². The number of rotatable bonds is 1. The predicted octanol–water partition coefficient (Wildman–Crippen LogP) is 1.03. The molecule has 0 aliphatic carbocycles. The van der Waals surface area contributed by atoms with Crippen LogP contribution in [0.2, 0.25) is 0 Å². The quantitative estimate of drug-likeness (QED) is 0.531. The largest absolute Gasteiger partial charge is 0.397 e. The Morgan fingerprint density at radius 3 is 2.09 bits per heavy atom. The molecule has 0 bridgehead atoms. The van der Waals surface area contributed by atoms with E-state index >= 15 is 0 Å². The molecule has 0 amide bonds. The third-order valence-electron chi connectivity index (χ3n) is 1.41. The maximum Gasteiger partial charge on any atom is 0.127 e. The van der Waals surface area contributed by atoms with Crippen LogP contribution in [0, 0.1) is 5.82 Å². The molecule has 1 rings (SSSR count). The van der Waals surface area contributed by atoms with Gasteiger partial charge in [-0.3, -0.25) is 0 Å². The molecule has 11 heavy (non-hydrogen) atoms. The second-order valence-electron chi connectivity index (χ2n) is 2.21. The Morgan fingerprint density at radius 1 is 1.27 bits per heavy atom. The second kappa shape index (κ2) is 2.65. The lowest BCUT2D eigenvalue weighted by atomic mass is 10.2. The van der Waals surface area contributed by atoms with Crippen molar-refractivity contribution in [2.45, 2.75) is 0 Å². The Kier molecular flexibility index (Phi) is 1.85. The molecule has 0 aliphatic heterocycles. The minimum absolute atomic E-state index is 0.324. The Hall–Kier alpha value is -1.45. The van der Waals surface area contributed by atoms with Crippen molar-refractivity contribution in [2.24, 2.45) is 0 Å². The zero-order valence-corrected chi connectivity index (χ0v) is 6.19. The van der Waals surface area contributed by atoms with Crippen LogP contribution in [-0.2, 0) is 0 Å². The van der Waals surface area contributed by atoms with E-state index in [2.05, 4.69) is 5.32 Å². The predicted molar refractivity (Wildman–Crippen MR) is 44.8 cm³/mol. The van der Waals surface area contributed by atoms with E-state index in [4.69, 9.17) is 11.5 Å². The molecule has 0 aliphatic rings. The van der Waals surface area contributed by atoms with E-state index < -0.39 is 5.82 Å². The number of nitrogens with two attached hydrogens (primary N) is 2. The van der Waals surface area contributed by atoms with Crippen molar-refractivity contribution in [2.75, 3.05) is 23.8 Å². The molecular weight excluding hydrogens is 145 g/mol. The van der Waals surface area contributed by atoms with Gasteiger partial charge in [-0.25, -0.2) is 4.39 Å². The highest BCUT2D eigenvalue weighted by molar-refractivity contribution is 5.79. The molecule has 1 aromatic rings. The molecular formula is C7H10FN3. The minimum atomic E-state index is -0.418. The molecule has 0 saturated carbocycles. The van der Waals surface area contributed by atoms with Gasteiger partial charge in [-0.1, -0.05) is 0 Å². The highest BCUT2D eigenvalue weighted by Gasteiger charge is 2.03. The lowest BCUT2D eigenvalue weighted by molar-refractivity contribution is 0.629. The van der Waals surface area contributed by atoms with Gasteiger partial charge >= 0.3 is 0 Å². The summed E-state index contributed by atoms with van der Waals surface area (Å²) in [5.74, 6) is -0.418. The molecule has 0 fully saturated rings. The SMILES string of the molecule is CNc1c(N)cc(F)cc1N. The summed E-state index contributed by atoms with van der Waals surface area (Å²) in [6, 6.07) is 2.45. The van der Waals surface area contributed by atoms with Gasteiger partial charge in [0.15, 0.2) is 0 Å². The van der Waals surface area contributed by atoms with E-state index in [9.17, 15) is 4.39 Å². The van der Waals surface area contributed by atoms with Crippen molar-refractivity contribution >= 4 is 17.1 Å². The van der Waals surface area contributed by atoms with Crippen LogP contribution in [0.15, 0.2) is 12.1 Å². The highest BCUT2D eigenvalue weighted by atomic mass is 19.1. The highest BCUT2D eigenvalue weighted by Crippen LogP contribution is 2.26. The minimum Gasteiger partial charge on any atom is -0.397 e. The van der Waals surface area contributed by atoms with Crippen LogP contribution in [0.3, 0.4) is 0 Å². The first-order chi connectivity index (χ1) is 5.15. The summed E-state index contributed by atoms with van der Waals surface area (Å²) in [7, 11) is 1.68. The Balaban J connectivity index is 3.25. The fraction of sp³-hybridized carbons (Fsp3) is 0.143. The summed E-state index contributed by atoms with van der Waals surface area (Å²) in [6.45, 7) is 0. The average molecular weight is 155 g/mol. The van der Waals surface area contributed by atoms with Crippen molar-refractivity contribution in [3.63, 3.8) is 0 Å². The normalized spacial score (nSPS) is 9.64. The zero-order valence-electron chi connectivity index (χ0n) is 6.19. The number of hydrogen-bond donors (Lipinski definition) is 3. The van der Waals surface area contributed by atoms with Crippen molar-refractivity contribution in [1.29, 1.82) is 0 Å². The van der Waals surface area contributed by atoms with Crippen LogP contribution in [0.4, 0.5) is 21.5 Å². The van der Waals surface area contributed by atoms with Crippen molar-refractivity contribution in [3.05, 3.63) is 17.9 Å². The van der Waals surface area contributed by atoms with E-state index in [-0.39, 0.29) is 0 Å². The first-order valence-electron chi connectivity index (χ1n) is 3.17. The first-order valence-corrected chi connectivity index (χ1v) is 3.17. The van der Waals surface area contributed by atoms with Crippen LogP contribution < -0.4 is 16.8 Å². The van der Waals surface area contributed by atoms with Gasteiger partial charge < -0.3 is 16.8 Å². The fourth-order valence-corrected chi connectivity index (χ4v) is 0.938. The van der Waals surface area contributed by atoms with E-state index in [0.29, 0.717) is 17.1 Å². The molecule has 1 aromatic carbocycles. The van der Waals surface area contributed by atoms with E-state index in [1.54, 1.807) is 7.05 Å². The van der Waals surface area contributed by atoms with Crippen LogP contribution >= 0.6 is 0 Å². The Bertz CT molecular complexity index is 249. The molecule has 0 saturated heterocycles. The van der Waals surface area contributed by atoms with Crippen molar-refractivity contribution in [3.8, 4) is 0 Å². The van der Waals surface area contributed by atoms with E-state index in [1.165, 1.54) is 12.1 Å². The molecule has 0 unspecified atom stereocenters. The summed E-state index contributed by atoms with van der Waals surface area (Å²) in [5.41, 5.74) is 12.1. The number of hydrogen-bond acceptors (Lipinski definition) is 3. The monoisotopic (exact) mass is 155 g/mol. The lowest BCUT2D eigenvalue weighted by Crippen LogP contribution is -2.01. The fourth-order valence-electron chi connectivity index (χ4n) is 0.938. The second-order valence-corrected chi connectivity index (χ2v) is 2.21. The molecule has 0 heterocycles. The van der Waals surface area contributed by atoms with E-state index in [0.717, 1.165) is 0 Å². The van der Waals surface area contributed by atoms with E-state index in [1.807, 2.05) is 0 Å². The zero-order chi connectivity index (χ0) is 8.43. The van der Waals surface area contributed by atoms with Gasteiger partial charge in [-0.05, 0) is 12.1 Å². The van der Waals surface area contributed by atoms with Gasteiger partial charge in [-0.15, -0.1) is 0 Å². The number of anilines is 3. The summed E-state index contributed by atoms with van der Waals surface area (Å²) in [4.78, 5) is 0. The van der Waals surface area contributed by atoms with Crippen LogP contribution in [0.1, 0.15) is 0 Å². The smallest absolute Gasteiger partial charge is 0.127 e. The van der Waals surface area contributed by atoms with Gasteiger partial charge in [0.05, 0.1) is 17.1 Å². The van der Waals surface area contributed by atoms with Gasteiger partial charge in [0.25, 0.3) is 0 Å². The molecule has 0 aromatic heterocycles. The van der Waals surface area contributed by atoms with Crippen molar-refractivity contribution in [1.82, 2.24) is 0 Å². The van der Waals surface area contributed by atoms with Gasteiger partial charge in [0.1, 0.15) is 5.82 Å². The van der Waals surface area contributed by atoms with Gasteiger partial charge in [0, 0.05) is 7.05 Å². The summed E-state index contributed by atoms with van der Waals surface area (Å²) in [5, 5.41) is 2.77.